The van der Waals surface area contributed by atoms with Gasteiger partial charge in [-0.2, -0.15) is 0 Å². The van der Waals surface area contributed by atoms with E-state index in [1.54, 1.807) is 0 Å². The molecule has 0 fully saturated rings. The number of rotatable bonds is 8. The fourth-order valence-electron chi connectivity index (χ4n) is 2.34. The average Bonchev–Trinajstić information content (AvgIpc) is 2.51. The normalized spacial score (nSPS) is 17.8. The minimum atomic E-state index is -1.81. The van der Waals surface area contributed by atoms with Crippen LogP contribution in [0.2, 0.25) is 18.1 Å². The molecule has 1 unspecified atom stereocenters. The Hall–Kier alpha value is -0.493. The maximum atomic E-state index is 12.5. The maximum absolute atomic E-state index is 12.5. The summed E-state index contributed by atoms with van der Waals surface area (Å²) in [6, 6.07) is 7.77. The Bertz CT molecular complexity index is 563. The third kappa shape index (κ3) is 6.63. The zero-order chi connectivity index (χ0) is 19.4. The lowest BCUT2D eigenvalue weighted by molar-refractivity contribution is 0.0465. The summed E-state index contributed by atoms with van der Waals surface area (Å²) in [7, 11) is -2.90. The van der Waals surface area contributed by atoms with Gasteiger partial charge >= 0.3 is 0 Å². The molecular formula is C20H36O3SSi. The molecule has 1 aromatic rings. The summed E-state index contributed by atoms with van der Waals surface area (Å²) in [4.78, 5) is 0.829. The lowest BCUT2D eigenvalue weighted by Gasteiger charge is -2.37. The molecule has 144 valence electrons. The second-order valence-corrected chi connectivity index (χ2v) is 15.1. The van der Waals surface area contributed by atoms with Gasteiger partial charge in [0.1, 0.15) is 0 Å². The number of aliphatic hydroxyl groups excluding tert-OH is 1. The van der Waals surface area contributed by atoms with Crippen molar-refractivity contribution >= 4 is 19.1 Å². The highest BCUT2D eigenvalue weighted by Gasteiger charge is 2.38. The van der Waals surface area contributed by atoms with Crippen molar-refractivity contribution in [3.63, 3.8) is 0 Å². The molecule has 25 heavy (non-hydrogen) atoms. The summed E-state index contributed by atoms with van der Waals surface area (Å²) < 4.78 is 18.8. The van der Waals surface area contributed by atoms with Gasteiger partial charge in [-0.05, 0) is 43.1 Å². The second kappa shape index (κ2) is 8.93. The Labute approximate surface area is 157 Å². The van der Waals surface area contributed by atoms with Gasteiger partial charge in [0, 0.05) is 23.2 Å². The molecule has 1 aromatic carbocycles. The van der Waals surface area contributed by atoms with Crippen molar-refractivity contribution in [2.75, 3.05) is 12.4 Å². The van der Waals surface area contributed by atoms with Crippen LogP contribution in [0.15, 0.2) is 29.2 Å². The summed E-state index contributed by atoms with van der Waals surface area (Å²) in [5.74, 6) is 0.452. The minimum Gasteiger partial charge on any atom is -0.416 e. The summed E-state index contributed by atoms with van der Waals surface area (Å²) in [5, 5.41) is 10.8. The van der Waals surface area contributed by atoms with E-state index in [-0.39, 0.29) is 16.9 Å². The number of aryl methyl sites for hydroxylation is 1. The van der Waals surface area contributed by atoms with Gasteiger partial charge in [-0.3, -0.25) is 4.21 Å². The Kier molecular flexibility index (Phi) is 8.06. The van der Waals surface area contributed by atoms with Crippen LogP contribution in [0.5, 0.6) is 0 Å². The molecule has 0 amide bonds. The van der Waals surface area contributed by atoms with Gasteiger partial charge in [0.2, 0.25) is 0 Å². The molecule has 1 N–H and O–H groups in total. The summed E-state index contributed by atoms with van der Waals surface area (Å²) in [6.07, 6.45) is -0.515. The molecule has 0 aliphatic carbocycles. The van der Waals surface area contributed by atoms with Crippen molar-refractivity contribution in [3.05, 3.63) is 29.8 Å². The first-order valence-corrected chi connectivity index (χ1v) is 13.3. The lowest BCUT2D eigenvalue weighted by atomic mass is 9.96. The Morgan fingerprint density at radius 2 is 1.64 bits per heavy atom. The molecule has 1 rings (SSSR count). The van der Waals surface area contributed by atoms with Crippen molar-refractivity contribution in [3.8, 4) is 0 Å². The van der Waals surface area contributed by atoms with E-state index in [0.29, 0.717) is 12.4 Å². The zero-order valence-electron chi connectivity index (χ0n) is 17.1. The predicted molar refractivity (Wildman–Crippen MR) is 110 cm³/mol. The molecule has 0 bridgehead atoms. The second-order valence-electron chi connectivity index (χ2n) is 8.84. The van der Waals surface area contributed by atoms with Crippen molar-refractivity contribution in [1.29, 1.82) is 0 Å². The van der Waals surface area contributed by atoms with Crippen molar-refractivity contribution in [1.82, 2.24) is 0 Å². The fraction of sp³-hybridized carbons (Fsp3) is 0.700. The van der Waals surface area contributed by atoms with E-state index in [9.17, 15) is 9.32 Å². The van der Waals surface area contributed by atoms with Crippen molar-refractivity contribution < 1.29 is 13.7 Å². The highest BCUT2D eigenvalue weighted by Crippen LogP contribution is 2.37. The van der Waals surface area contributed by atoms with Crippen LogP contribution in [0.4, 0.5) is 0 Å². The van der Waals surface area contributed by atoms with Crippen LogP contribution < -0.4 is 0 Å². The molecule has 0 saturated carbocycles. The van der Waals surface area contributed by atoms with Gasteiger partial charge in [0.05, 0.1) is 16.9 Å². The van der Waals surface area contributed by atoms with Crippen LogP contribution in [0.1, 0.15) is 40.2 Å². The Morgan fingerprint density at radius 3 is 2.12 bits per heavy atom. The van der Waals surface area contributed by atoms with E-state index >= 15 is 0 Å². The van der Waals surface area contributed by atoms with Crippen molar-refractivity contribution in [2.24, 2.45) is 11.8 Å². The number of hydrogen-bond donors (Lipinski definition) is 1. The van der Waals surface area contributed by atoms with Gasteiger partial charge in [0.15, 0.2) is 8.32 Å². The fourth-order valence-corrected chi connectivity index (χ4v) is 4.76. The third-order valence-electron chi connectivity index (χ3n) is 5.38. The molecule has 0 aromatic heterocycles. The highest BCUT2D eigenvalue weighted by atomic mass is 32.2. The van der Waals surface area contributed by atoms with Crippen LogP contribution in [0, 0.1) is 18.8 Å². The van der Waals surface area contributed by atoms with Crippen LogP contribution in [-0.4, -0.2) is 36.1 Å². The number of aliphatic hydroxyl groups is 1. The predicted octanol–water partition coefficient (Wildman–Crippen LogP) is 4.76. The summed E-state index contributed by atoms with van der Waals surface area (Å²) >= 11 is 0. The Morgan fingerprint density at radius 1 is 1.12 bits per heavy atom. The van der Waals surface area contributed by atoms with Gasteiger partial charge in [0.25, 0.3) is 0 Å². The van der Waals surface area contributed by atoms with Crippen molar-refractivity contribution in [2.45, 2.75) is 70.7 Å². The van der Waals surface area contributed by atoms with E-state index in [1.165, 1.54) is 0 Å². The molecule has 0 saturated heterocycles. The first-order chi connectivity index (χ1) is 11.3. The summed E-state index contributed by atoms with van der Waals surface area (Å²) in [5.41, 5.74) is 1.16. The molecule has 0 aliphatic rings. The molecule has 0 spiro atoms. The SMILES string of the molecule is Cc1ccc(S(=O)C[C@@H](C)[C@@H](O)[C@H](C)CO[Si](C)(C)C(C)(C)C)cc1. The maximum Gasteiger partial charge on any atom is 0.191 e. The van der Waals surface area contributed by atoms with E-state index in [1.807, 2.05) is 45.0 Å². The molecule has 0 radical (unpaired) electrons. The minimum absolute atomic E-state index is 0.0270. The van der Waals surface area contributed by atoms with E-state index in [4.69, 9.17) is 4.43 Å². The molecule has 5 heteroatoms. The topological polar surface area (TPSA) is 46.5 Å². The van der Waals surface area contributed by atoms with Gasteiger partial charge in [-0.1, -0.05) is 52.3 Å². The summed E-state index contributed by atoms with van der Waals surface area (Å²) in [6.45, 7) is 17.7. The van der Waals surface area contributed by atoms with E-state index in [2.05, 4.69) is 33.9 Å². The number of benzene rings is 1. The Balaban J connectivity index is 2.58. The average molecular weight is 385 g/mol. The van der Waals surface area contributed by atoms with E-state index in [0.717, 1.165) is 10.5 Å². The van der Waals surface area contributed by atoms with Gasteiger partial charge in [-0.25, -0.2) is 0 Å². The molecule has 4 atom stereocenters. The molecule has 0 heterocycles. The largest absolute Gasteiger partial charge is 0.416 e. The smallest absolute Gasteiger partial charge is 0.191 e. The first-order valence-electron chi connectivity index (χ1n) is 9.12. The van der Waals surface area contributed by atoms with Crippen LogP contribution in [-0.2, 0) is 15.2 Å². The number of hydrogen-bond acceptors (Lipinski definition) is 3. The third-order valence-corrected chi connectivity index (χ3v) is 11.5. The van der Waals surface area contributed by atoms with Crippen LogP contribution in [0.25, 0.3) is 0 Å². The van der Waals surface area contributed by atoms with Crippen LogP contribution in [0.3, 0.4) is 0 Å². The monoisotopic (exact) mass is 384 g/mol. The lowest BCUT2D eigenvalue weighted by Crippen LogP contribution is -2.43. The zero-order valence-corrected chi connectivity index (χ0v) is 18.9. The molecular weight excluding hydrogens is 348 g/mol. The van der Waals surface area contributed by atoms with Gasteiger partial charge in [-0.15, -0.1) is 0 Å². The van der Waals surface area contributed by atoms with Gasteiger partial charge < -0.3 is 9.53 Å². The highest BCUT2D eigenvalue weighted by molar-refractivity contribution is 7.85. The molecule has 3 nitrogen and oxygen atoms in total. The first kappa shape index (κ1) is 22.5. The molecule has 0 aliphatic heterocycles. The standard InChI is InChI=1S/C20H36O3SSi/c1-15-9-11-18(12-10-15)24(22)14-17(3)19(21)16(2)13-23-25(7,8)20(4,5)6/h9-12,16-17,19,21H,13-14H2,1-8H3/t16-,17-,19+,24?/m1/s1. The van der Waals surface area contributed by atoms with E-state index < -0.39 is 25.2 Å². The quantitative estimate of drug-likeness (QED) is 0.657. The van der Waals surface area contributed by atoms with Crippen LogP contribution >= 0.6 is 0 Å².